The van der Waals surface area contributed by atoms with Gasteiger partial charge in [0.05, 0.1) is 12.5 Å². The summed E-state index contributed by atoms with van der Waals surface area (Å²) in [6.07, 6.45) is 7.27. The summed E-state index contributed by atoms with van der Waals surface area (Å²) in [6.45, 7) is 5.84. The van der Waals surface area contributed by atoms with Crippen LogP contribution >= 0.6 is 0 Å². The van der Waals surface area contributed by atoms with Gasteiger partial charge in [0.2, 0.25) is 0 Å². The Kier molecular flexibility index (Phi) is 5.12. The lowest BCUT2D eigenvalue weighted by Crippen LogP contribution is -2.37. The van der Waals surface area contributed by atoms with Gasteiger partial charge in [-0.25, -0.2) is 9.97 Å². The minimum absolute atomic E-state index is 0.246. The predicted octanol–water partition coefficient (Wildman–Crippen LogP) is 2.30. The molecule has 6 nitrogen and oxygen atoms in total. The highest BCUT2D eigenvalue weighted by molar-refractivity contribution is 5.50. The first-order valence-corrected chi connectivity index (χ1v) is 8.24. The third-order valence-electron chi connectivity index (χ3n) is 4.40. The molecule has 6 heteroatoms. The minimum atomic E-state index is 0.246. The van der Waals surface area contributed by atoms with Gasteiger partial charge in [-0.1, -0.05) is 0 Å². The van der Waals surface area contributed by atoms with Gasteiger partial charge in [0.15, 0.2) is 0 Å². The fraction of sp³-hybridized carbons (Fsp3) is 0.529. The van der Waals surface area contributed by atoms with E-state index in [4.69, 9.17) is 4.42 Å². The van der Waals surface area contributed by atoms with Crippen LogP contribution in [0.1, 0.15) is 25.3 Å². The molecule has 0 saturated carbocycles. The van der Waals surface area contributed by atoms with E-state index in [0.717, 1.165) is 56.2 Å². The maximum atomic E-state index is 9.40. The van der Waals surface area contributed by atoms with Crippen molar-refractivity contribution in [3.05, 3.63) is 36.5 Å². The topological polar surface area (TPSA) is 65.6 Å². The van der Waals surface area contributed by atoms with Crippen LogP contribution in [0.3, 0.4) is 0 Å². The molecule has 1 saturated heterocycles. The second-order valence-corrected chi connectivity index (χ2v) is 6.02. The zero-order valence-corrected chi connectivity index (χ0v) is 13.6. The van der Waals surface area contributed by atoms with E-state index in [1.54, 1.807) is 18.9 Å². The number of hydrogen-bond donors (Lipinski definition) is 1. The molecule has 3 heterocycles. The molecule has 1 aliphatic heterocycles. The first-order valence-electron chi connectivity index (χ1n) is 8.24. The Hall–Kier alpha value is -2.08. The van der Waals surface area contributed by atoms with Crippen molar-refractivity contribution < 1.29 is 9.52 Å². The Morgan fingerprint density at radius 3 is 3.09 bits per heavy atom. The van der Waals surface area contributed by atoms with Gasteiger partial charge in [-0.3, -0.25) is 0 Å². The van der Waals surface area contributed by atoms with Gasteiger partial charge in [0.25, 0.3) is 0 Å². The molecule has 0 aliphatic carbocycles. The molecular formula is C17H24N4O2. The third kappa shape index (κ3) is 3.82. The highest BCUT2D eigenvalue weighted by atomic mass is 16.3. The van der Waals surface area contributed by atoms with Crippen LogP contribution in [0.4, 0.5) is 11.6 Å². The fourth-order valence-corrected chi connectivity index (χ4v) is 3.06. The summed E-state index contributed by atoms with van der Waals surface area (Å²) in [5.41, 5.74) is 1.13. The summed E-state index contributed by atoms with van der Waals surface area (Å²) in [7, 11) is 0. The molecule has 0 spiro atoms. The van der Waals surface area contributed by atoms with Gasteiger partial charge < -0.3 is 19.3 Å². The fourth-order valence-electron chi connectivity index (χ4n) is 3.06. The monoisotopic (exact) mass is 316 g/mol. The molecule has 124 valence electrons. The minimum Gasteiger partial charge on any atom is -0.472 e. The molecule has 2 aromatic rings. The largest absolute Gasteiger partial charge is 0.472 e. The zero-order valence-electron chi connectivity index (χ0n) is 13.6. The number of rotatable bonds is 6. The standard InChI is InChI=1S/C17H24N4O2/c1-2-20(10-15-5-7-23-12-15)16-8-17(19-13-18-16)21-6-3-4-14(9-21)11-22/h5,7-8,12-14,22H,2-4,6,9-11H2,1H3. The van der Waals surface area contributed by atoms with Crippen molar-refractivity contribution in [1.82, 2.24) is 9.97 Å². The number of piperidine rings is 1. The Bertz CT molecular complexity index is 602. The quantitative estimate of drug-likeness (QED) is 0.882. The summed E-state index contributed by atoms with van der Waals surface area (Å²) in [4.78, 5) is 13.3. The zero-order chi connectivity index (χ0) is 16.1. The number of furan rings is 1. The van der Waals surface area contributed by atoms with E-state index >= 15 is 0 Å². The first-order chi connectivity index (χ1) is 11.3. The molecule has 1 atom stereocenters. The predicted molar refractivity (Wildman–Crippen MR) is 89.5 cm³/mol. The second-order valence-electron chi connectivity index (χ2n) is 6.02. The van der Waals surface area contributed by atoms with Crippen LogP contribution in [0.25, 0.3) is 0 Å². The van der Waals surface area contributed by atoms with Gasteiger partial charge in [0, 0.05) is 44.4 Å². The molecule has 23 heavy (non-hydrogen) atoms. The average molecular weight is 316 g/mol. The molecule has 0 aromatic carbocycles. The molecule has 1 N–H and O–H groups in total. The number of aliphatic hydroxyl groups is 1. The van der Waals surface area contributed by atoms with Crippen molar-refractivity contribution in [2.24, 2.45) is 5.92 Å². The highest BCUT2D eigenvalue weighted by Gasteiger charge is 2.21. The van der Waals surface area contributed by atoms with Gasteiger partial charge in [-0.05, 0) is 31.7 Å². The van der Waals surface area contributed by atoms with Gasteiger partial charge >= 0.3 is 0 Å². The average Bonchev–Trinajstić information content (AvgIpc) is 3.13. The van der Waals surface area contributed by atoms with E-state index < -0.39 is 0 Å². The Balaban J connectivity index is 1.75. The van der Waals surface area contributed by atoms with Gasteiger partial charge in [-0.15, -0.1) is 0 Å². The maximum Gasteiger partial charge on any atom is 0.134 e. The lowest BCUT2D eigenvalue weighted by Gasteiger charge is -2.33. The normalized spacial score (nSPS) is 18.2. The molecule has 1 fully saturated rings. The molecule has 0 amide bonds. The first kappa shape index (κ1) is 15.8. The Morgan fingerprint density at radius 1 is 1.43 bits per heavy atom. The molecule has 0 radical (unpaired) electrons. The molecule has 3 rings (SSSR count). The molecule has 0 bridgehead atoms. The van der Waals surface area contributed by atoms with Crippen LogP contribution in [0.15, 0.2) is 35.4 Å². The second kappa shape index (κ2) is 7.46. The lowest BCUT2D eigenvalue weighted by atomic mass is 9.99. The number of aromatic nitrogens is 2. The Labute approximate surface area is 136 Å². The molecule has 2 aromatic heterocycles. The van der Waals surface area contributed by atoms with Crippen LogP contribution in [0, 0.1) is 5.92 Å². The molecule has 1 aliphatic rings. The van der Waals surface area contributed by atoms with Crippen molar-refractivity contribution in [3.63, 3.8) is 0 Å². The summed E-state index contributed by atoms with van der Waals surface area (Å²) in [5.74, 6) is 2.21. The van der Waals surface area contributed by atoms with E-state index in [2.05, 4.69) is 26.7 Å². The lowest BCUT2D eigenvalue weighted by molar-refractivity contribution is 0.208. The molecule has 1 unspecified atom stereocenters. The van der Waals surface area contributed by atoms with Gasteiger partial charge in [0.1, 0.15) is 18.0 Å². The highest BCUT2D eigenvalue weighted by Crippen LogP contribution is 2.24. The number of anilines is 2. The van der Waals surface area contributed by atoms with E-state index in [-0.39, 0.29) is 6.61 Å². The SMILES string of the molecule is CCN(Cc1ccoc1)c1cc(N2CCCC(CO)C2)ncn1. The molecular weight excluding hydrogens is 292 g/mol. The van der Waals surface area contributed by atoms with E-state index in [9.17, 15) is 5.11 Å². The van der Waals surface area contributed by atoms with Crippen molar-refractivity contribution >= 4 is 11.6 Å². The van der Waals surface area contributed by atoms with Crippen molar-refractivity contribution in [1.29, 1.82) is 0 Å². The summed E-state index contributed by atoms with van der Waals surface area (Å²) in [6, 6.07) is 4.02. The third-order valence-corrected chi connectivity index (χ3v) is 4.40. The number of hydrogen-bond acceptors (Lipinski definition) is 6. The van der Waals surface area contributed by atoms with Crippen molar-refractivity contribution in [2.75, 3.05) is 36.0 Å². The Morgan fingerprint density at radius 2 is 2.35 bits per heavy atom. The number of aliphatic hydroxyl groups excluding tert-OH is 1. The van der Waals surface area contributed by atoms with Crippen LogP contribution < -0.4 is 9.80 Å². The number of nitrogens with zero attached hydrogens (tertiary/aromatic N) is 4. The van der Waals surface area contributed by atoms with Crippen LogP contribution in [-0.4, -0.2) is 41.3 Å². The summed E-state index contributed by atoms with van der Waals surface area (Å²) >= 11 is 0. The maximum absolute atomic E-state index is 9.40. The smallest absolute Gasteiger partial charge is 0.134 e. The summed E-state index contributed by atoms with van der Waals surface area (Å²) in [5, 5.41) is 9.40. The van der Waals surface area contributed by atoms with Crippen molar-refractivity contribution in [3.8, 4) is 0 Å². The van der Waals surface area contributed by atoms with Crippen LogP contribution in [0.2, 0.25) is 0 Å². The van der Waals surface area contributed by atoms with Crippen LogP contribution in [-0.2, 0) is 6.54 Å². The van der Waals surface area contributed by atoms with E-state index in [1.807, 2.05) is 12.1 Å². The van der Waals surface area contributed by atoms with E-state index in [1.165, 1.54) is 0 Å². The van der Waals surface area contributed by atoms with E-state index in [0.29, 0.717) is 5.92 Å². The van der Waals surface area contributed by atoms with Gasteiger partial charge in [-0.2, -0.15) is 0 Å². The van der Waals surface area contributed by atoms with Crippen LogP contribution in [0.5, 0.6) is 0 Å². The van der Waals surface area contributed by atoms with Crippen molar-refractivity contribution in [2.45, 2.75) is 26.3 Å². The summed E-state index contributed by atoms with van der Waals surface area (Å²) < 4.78 is 5.15.